The summed E-state index contributed by atoms with van der Waals surface area (Å²) in [5.41, 5.74) is 2.63. The minimum atomic E-state index is -0.130. The lowest BCUT2D eigenvalue weighted by molar-refractivity contribution is -0.121. The summed E-state index contributed by atoms with van der Waals surface area (Å²) in [7, 11) is 1.70. The van der Waals surface area contributed by atoms with Crippen LogP contribution >= 0.6 is 46.3 Å². The van der Waals surface area contributed by atoms with E-state index < -0.39 is 0 Å². The molecule has 4 rings (SSSR count). The molecule has 1 amide bonds. The largest absolute Gasteiger partial charge is 0.289 e. The van der Waals surface area contributed by atoms with E-state index in [1.165, 1.54) is 28.0 Å². The van der Waals surface area contributed by atoms with Crippen molar-refractivity contribution in [3.8, 4) is 11.3 Å². The van der Waals surface area contributed by atoms with E-state index in [4.69, 9.17) is 23.2 Å². The lowest BCUT2D eigenvalue weighted by Crippen LogP contribution is -2.23. The zero-order chi connectivity index (χ0) is 19.7. The number of hydrogen-bond donors (Lipinski definition) is 0. The Labute approximate surface area is 180 Å². The summed E-state index contributed by atoms with van der Waals surface area (Å²) in [4.78, 5) is 23.8. The Balaban J connectivity index is 1.60. The Morgan fingerprint density at radius 1 is 1.14 bits per heavy atom. The van der Waals surface area contributed by atoms with Gasteiger partial charge in [-0.05, 0) is 35.5 Å². The quantitative estimate of drug-likeness (QED) is 0.441. The Morgan fingerprint density at radius 3 is 2.68 bits per heavy atom. The van der Waals surface area contributed by atoms with Gasteiger partial charge in [0.15, 0.2) is 5.17 Å². The highest BCUT2D eigenvalue weighted by Gasteiger charge is 2.30. The molecule has 1 fully saturated rings. The van der Waals surface area contributed by atoms with Gasteiger partial charge in [0.1, 0.15) is 0 Å². The second kappa shape index (κ2) is 8.09. The second-order valence-corrected chi connectivity index (χ2v) is 8.61. The summed E-state index contributed by atoms with van der Waals surface area (Å²) in [6, 6.07) is 15.1. The van der Waals surface area contributed by atoms with Gasteiger partial charge in [-0.15, -0.1) is 11.3 Å². The first-order valence-electron chi connectivity index (χ1n) is 8.23. The zero-order valence-electron chi connectivity index (χ0n) is 14.6. The van der Waals surface area contributed by atoms with Gasteiger partial charge in [0.25, 0.3) is 5.91 Å². The molecule has 0 saturated carbocycles. The number of hydrogen-bond acceptors (Lipinski definition) is 5. The number of aromatic nitrogens is 1. The molecular formula is C20H13Cl2N3OS2. The zero-order valence-corrected chi connectivity index (χ0v) is 17.7. The average Bonchev–Trinajstić information content (AvgIpc) is 3.26. The monoisotopic (exact) mass is 445 g/mol. The molecule has 140 valence electrons. The van der Waals surface area contributed by atoms with Crippen molar-refractivity contribution in [3.05, 3.63) is 74.4 Å². The van der Waals surface area contributed by atoms with Gasteiger partial charge in [-0.25, -0.2) is 4.98 Å². The van der Waals surface area contributed by atoms with Crippen LogP contribution in [-0.4, -0.2) is 28.0 Å². The summed E-state index contributed by atoms with van der Waals surface area (Å²) in [5, 5.41) is 4.19. The molecule has 0 spiro atoms. The van der Waals surface area contributed by atoms with Crippen molar-refractivity contribution >= 4 is 68.6 Å². The van der Waals surface area contributed by atoms with E-state index in [9.17, 15) is 4.79 Å². The number of amides is 1. The molecule has 0 N–H and O–H groups in total. The number of halogens is 2. The number of thiazole rings is 1. The number of carbonyl (C=O) groups is 1. The normalized spacial score (nSPS) is 17.1. The number of likely N-dealkylation sites (N-methyl/N-ethyl adjacent to an activating group) is 1. The van der Waals surface area contributed by atoms with Gasteiger partial charge in [0, 0.05) is 28.0 Å². The van der Waals surface area contributed by atoms with Gasteiger partial charge in [0.05, 0.1) is 10.6 Å². The molecule has 3 aromatic rings. The van der Waals surface area contributed by atoms with Crippen LogP contribution in [-0.2, 0) is 4.79 Å². The van der Waals surface area contributed by atoms with E-state index in [2.05, 4.69) is 9.98 Å². The van der Waals surface area contributed by atoms with Gasteiger partial charge in [0.2, 0.25) is 5.13 Å². The smallest absolute Gasteiger partial charge is 0.266 e. The molecule has 0 unspecified atom stereocenters. The van der Waals surface area contributed by atoms with Crippen molar-refractivity contribution < 1.29 is 4.79 Å². The minimum Gasteiger partial charge on any atom is -0.289 e. The second-order valence-electron chi connectivity index (χ2n) is 5.92. The standard InChI is InChI=1S/C20H13Cl2N3OS2/c1-25-18(26)17(9-13-7-8-14(21)10-15(13)22)28-20(25)24-19-23-16(11-27-19)12-5-3-2-4-6-12/h2-11H,1H3/b17-9-,24-20+. The molecular weight excluding hydrogens is 433 g/mol. The van der Waals surface area contributed by atoms with Gasteiger partial charge >= 0.3 is 0 Å². The first kappa shape index (κ1) is 19.2. The molecule has 1 aliphatic rings. The Hall–Kier alpha value is -2.12. The van der Waals surface area contributed by atoms with Gasteiger partial charge in [-0.1, -0.05) is 59.6 Å². The van der Waals surface area contributed by atoms with Crippen LogP contribution in [0.1, 0.15) is 5.56 Å². The van der Waals surface area contributed by atoms with Crippen LogP contribution in [0.5, 0.6) is 0 Å². The van der Waals surface area contributed by atoms with Crippen molar-refractivity contribution in [2.24, 2.45) is 4.99 Å². The van der Waals surface area contributed by atoms with E-state index in [-0.39, 0.29) is 5.91 Å². The SMILES string of the molecule is CN1C(=O)/C(=C/c2ccc(Cl)cc2Cl)S/C1=N/c1nc(-c2ccccc2)cs1. The van der Waals surface area contributed by atoms with Crippen LogP contribution in [0.3, 0.4) is 0 Å². The highest BCUT2D eigenvalue weighted by atomic mass is 35.5. The number of benzene rings is 2. The molecule has 28 heavy (non-hydrogen) atoms. The molecule has 8 heteroatoms. The first-order valence-corrected chi connectivity index (χ1v) is 10.7. The van der Waals surface area contributed by atoms with Crippen LogP contribution in [0.25, 0.3) is 17.3 Å². The molecule has 2 aromatic carbocycles. The van der Waals surface area contributed by atoms with E-state index in [0.717, 1.165) is 16.8 Å². The number of rotatable bonds is 3. The van der Waals surface area contributed by atoms with Crippen LogP contribution < -0.4 is 0 Å². The Kier molecular flexibility index (Phi) is 5.55. The number of amidine groups is 1. The number of carbonyl (C=O) groups excluding carboxylic acids is 1. The fourth-order valence-corrected chi connectivity index (χ4v) is 4.73. The third kappa shape index (κ3) is 4.00. The number of thioether (sulfide) groups is 1. The fraction of sp³-hybridized carbons (Fsp3) is 0.0500. The van der Waals surface area contributed by atoms with Crippen molar-refractivity contribution in [1.29, 1.82) is 0 Å². The van der Waals surface area contributed by atoms with E-state index in [0.29, 0.717) is 25.2 Å². The van der Waals surface area contributed by atoms with Crippen molar-refractivity contribution in [3.63, 3.8) is 0 Å². The molecule has 1 saturated heterocycles. The summed E-state index contributed by atoms with van der Waals surface area (Å²) in [6.45, 7) is 0. The van der Waals surface area contributed by atoms with Crippen molar-refractivity contribution in [2.75, 3.05) is 7.05 Å². The molecule has 2 heterocycles. The predicted molar refractivity (Wildman–Crippen MR) is 119 cm³/mol. The third-order valence-electron chi connectivity index (χ3n) is 4.01. The molecule has 1 aliphatic heterocycles. The van der Waals surface area contributed by atoms with Crippen LogP contribution in [0.4, 0.5) is 5.13 Å². The van der Waals surface area contributed by atoms with Crippen LogP contribution in [0, 0.1) is 0 Å². The summed E-state index contributed by atoms with van der Waals surface area (Å²) in [6.07, 6.45) is 1.75. The van der Waals surface area contributed by atoms with Gasteiger partial charge in [-0.3, -0.25) is 9.69 Å². The molecule has 0 aliphatic carbocycles. The number of aliphatic imine (C=N–C) groups is 1. The molecule has 0 atom stereocenters. The molecule has 4 nitrogen and oxygen atoms in total. The molecule has 0 bridgehead atoms. The lowest BCUT2D eigenvalue weighted by Gasteiger charge is -2.05. The average molecular weight is 446 g/mol. The lowest BCUT2D eigenvalue weighted by atomic mass is 10.2. The Morgan fingerprint density at radius 2 is 1.93 bits per heavy atom. The van der Waals surface area contributed by atoms with E-state index in [1.807, 2.05) is 35.7 Å². The van der Waals surface area contributed by atoms with Gasteiger partial charge in [-0.2, -0.15) is 4.99 Å². The maximum Gasteiger partial charge on any atom is 0.266 e. The highest BCUT2D eigenvalue weighted by Crippen LogP contribution is 2.36. The topological polar surface area (TPSA) is 45.6 Å². The van der Waals surface area contributed by atoms with Crippen molar-refractivity contribution in [1.82, 2.24) is 9.88 Å². The van der Waals surface area contributed by atoms with Crippen LogP contribution in [0.15, 0.2) is 63.8 Å². The first-order chi connectivity index (χ1) is 13.5. The highest BCUT2D eigenvalue weighted by molar-refractivity contribution is 8.18. The van der Waals surface area contributed by atoms with E-state index >= 15 is 0 Å². The number of nitrogens with zero attached hydrogens (tertiary/aromatic N) is 3. The van der Waals surface area contributed by atoms with Gasteiger partial charge < -0.3 is 0 Å². The summed E-state index contributed by atoms with van der Waals surface area (Å²) in [5.74, 6) is -0.130. The Bertz CT molecular complexity index is 1110. The molecule has 0 radical (unpaired) electrons. The maximum atomic E-state index is 12.6. The molecule has 1 aromatic heterocycles. The minimum absolute atomic E-state index is 0.130. The van der Waals surface area contributed by atoms with Crippen LogP contribution in [0.2, 0.25) is 10.0 Å². The maximum absolute atomic E-state index is 12.6. The summed E-state index contributed by atoms with van der Waals surface area (Å²) < 4.78 is 0. The predicted octanol–water partition coefficient (Wildman–Crippen LogP) is 6.35. The fourth-order valence-electron chi connectivity index (χ4n) is 2.55. The third-order valence-corrected chi connectivity index (χ3v) is 6.36. The van der Waals surface area contributed by atoms with E-state index in [1.54, 1.807) is 31.3 Å². The summed E-state index contributed by atoms with van der Waals surface area (Å²) >= 11 is 14.9. The van der Waals surface area contributed by atoms with Crippen molar-refractivity contribution in [2.45, 2.75) is 0 Å².